The molecule has 1 aromatic rings. The Morgan fingerprint density at radius 3 is 1.71 bits per heavy atom. The van der Waals surface area contributed by atoms with Gasteiger partial charge in [0, 0.05) is 22.3 Å². The van der Waals surface area contributed by atoms with E-state index in [0.29, 0.717) is 13.2 Å². The van der Waals surface area contributed by atoms with Crippen LogP contribution in [0.5, 0.6) is 0 Å². The Morgan fingerprint density at radius 1 is 0.857 bits per heavy atom. The largest absolute Gasteiger partial charge is 0.489 e. The average Bonchev–Trinajstić information content (AvgIpc) is 2.71. The highest BCUT2D eigenvalue weighted by Crippen LogP contribution is 2.36. The summed E-state index contributed by atoms with van der Waals surface area (Å²) in [6.45, 7) is 8.95. The number of rotatable bonds is 0. The summed E-state index contributed by atoms with van der Waals surface area (Å²) in [5.74, 6) is 1.53. The Hall–Kier alpha value is -1.70. The van der Waals surface area contributed by atoms with Gasteiger partial charge in [-0.3, -0.25) is 0 Å². The molecule has 2 heteroatoms. The summed E-state index contributed by atoms with van der Waals surface area (Å²) >= 11 is 0. The first-order chi connectivity index (χ1) is 6.75. The Bertz CT molecular complexity index is 414. The molecule has 0 aliphatic carbocycles. The molecule has 0 aromatic heterocycles. The average molecular weight is 186 g/mol. The van der Waals surface area contributed by atoms with Crippen LogP contribution in [0.3, 0.4) is 0 Å². The van der Waals surface area contributed by atoms with Crippen molar-refractivity contribution < 1.29 is 9.47 Å². The van der Waals surface area contributed by atoms with E-state index in [-0.39, 0.29) is 0 Å². The maximum Gasteiger partial charge on any atom is 0.120 e. The Balaban J connectivity index is 2.24. The van der Waals surface area contributed by atoms with Crippen LogP contribution in [0.25, 0.3) is 11.5 Å². The van der Waals surface area contributed by atoms with Crippen LogP contribution in [0, 0.1) is 0 Å². The smallest absolute Gasteiger partial charge is 0.120 e. The predicted octanol–water partition coefficient (Wildman–Crippen LogP) is 2.69. The molecule has 3 rings (SSSR count). The second-order valence-corrected chi connectivity index (χ2v) is 3.59. The highest BCUT2D eigenvalue weighted by molar-refractivity contribution is 5.72. The zero-order valence-electron chi connectivity index (χ0n) is 7.80. The first kappa shape index (κ1) is 7.68. The molecule has 14 heavy (non-hydrogen) atoms. The highest BCUT2D eigenvalue weighted by Gasteiger charge is 2.23. The molecular formula is C12H10O2. The second-order valence-electron chi connectivity index (χ2n) is 3.59. The summed E-state index contributed by atoms with van der Waals surface area (Å²) in [5, 5.41) is 0. The number of hydrogen-bond donors (Lipinski definition) is 0. The van der Waals surface area contributed by atoms with Gasteiger partial charge in [-0.05, 0) is 12.1 Å². The molecule has 0 unspecified atom stereocenters. The first-order valence-corrected chi connectivity index (χ1v) is 4.55. The van der Waals surface area contributed by atoms with Gasteiger partial charge in [0.25, 0.3) is 0 Å². The lowest BCUT2D eigenvalue weighted by atomic mass is 10.00. The minimum absolute atomic E-state index is 0.620. The van der Waals surface area contributed by atoms with E-state index in [0.717, 1.165) is 22.6 Å². The van der Waals surface area contributed by atoms with Crippen molar-refractivity contribution in [2.75, 3.05) is 0 Å². The Morgan fingerprint density at radius 2 is 1.29 bits per heavy atom. The zero-order chi connectivity index (χ0) is 9.71. The molecule has 70 valence electrons. The minimum Gasteiger partial charge on any atom is -0.489 e. The second kappa shape index (κ2) is 2.41. The zero-order valence-corrected chi connectivity index (χ0v) is 7.80. The molecule has 0 N–H and O–H groups in total. The van der Waals surface area contributed by atoms with Crippen LogP contribution < -0.4 is 0 Å². The lowest BCUT2D eigenvalue weighted by molar-refractivity contribution is 0.284. The quantitative estimate of drug-likeness (QED) is 0.620. The van der Waals surface area contributed by atoms with Crippen LogP contribution in [-0.2, 0) is 22.7 Å². The molecule has 2 nitrogen and oxygen atoms in total. The van der Waals surface area contributed by atoms with Gasteiger partial charge < -0.3 is 9.47 Å². The van der Waals surface area contributed by atoms with Crippen molar-refractivity contribution in [1.82, 2.24) is 0 Å². The van der Waals surface area contributed by atoms with E-state index in [9.17, 15) is 0 Å². The van der Waals surface area contributed by atoms with Gasteiger partial charge in [0.15, 0.2) is 0 Å². The number of benzene rings is 1. The molecular weight excluding hydrogens is 176 g/mol. The molecule has 0 spiro atoms. The fraction of sp³-hybridized carbons (Fsp3) is 0.167. The molecule has 0 saturated carbocycles. The number of ether oxygens (including phenoxy) is 2. The number of hydrogen-bond acceptors (Lipinski definition) is 2. The van der Waals surface area contributed by atoms with Gasteiger partial charge in [0.05, 0.1) is 0 Å². The molecule has 2 aliphatic heterocycles. The Labute approximate surface area is 82.5 Å². The summed E-state index contributed by atoms with van der Waals surface area (Å²) < 4.78 is 10.7. The van der Waals surface area contributed by atoms with Crippen LogP contribution >= 0.6 is 0 Å². The van der Waals surface area contributed by atoms with Crippen molar-refractivity contribution >= 4 is 11.5 Å². The van der Waals surface area contributed by atoms with E-state index in [1.54, 1.807) is 0 Å². The lowest BCUT2D eigenvalue weighted by Gasteiger charge is -2.00. The van der Waals surface area contributed by atoms with Crippen LogP contribution in [0.1, 0.15) is 22.3 Å². The fourth-order valence-electron chi connectivity index (χ4n) is 1.93. The third kappa shape index (κ3) is 0.854. The maximum atomic E-state index is 5.37. The van der Waals surface area contributed by atoms with Crippen molar-refractivity contribution in [3.8, 4) is 0 Å². The minimum atomic E-state index is 0.620. The van der Waals surface area contributed by atoms with Gasteiger partial charge in [0.2, 0.25) is 0 Å². The van der Waals surface area contributed by atoms with Crippen LogP contribution in [-0.4, -0.2) is 0 Å². The summed E-state index contributed by atoms with van der Waals surface area (Å²) in [6, 6.07) is 4.19. The molecule has 2 aliphatic rings. The summed E-state index contributed by atoms with van der Waals surface area (Å²) in [5.41, 5.74) is 4.59. The molecule has 0 radical (unpaired) electrons. The normalized spacial score (nSPS) is 17.4. The predicted molar refractivity (Wildman–Crippen MR) is 54.1 cm³/mol. The van der Waals surface area contributed by atoms with Gasteiger partial charge in [-0.15, -0.1) is 0 Å². The fourth-order valence-corrected chi connectivity index (χ4v) is 1.93. The van der Waals surface area contributed by atoms with Gasteiger partial charge in [0.1, 0.15) is 24.7 Å². The highest BCUT2D eigenvalue weighted by atomic mass is 16.5. The van der Waals surface area contributed by atoms with Gasteiger partial charge in [-0.1, -0.05) is 13.2 Å². The lowest BCUT2D eigenvalue weighted by Crippen LogP contribution is -1.87. The van der Waals surface area contributed by atoms with E-state index in [4.69, 9.17) is 9.47 Å². The summed E-state index contributed by atoms with van der Waals surface area (Å²) in [4.78, 5) is 0. The molecule has 0 saturated heterocycles. The van der Waals surface area contributed by atoms with E-state index < -0.39 is 0 Å². The first-order valence-electron chi connectivity index (χ1n) is 4.55. The van der Waals surface area contributed by atoms with E-state index in [1.165, 1.54) is 11.1 Å². The SMILES string of the molecule is C=C1OCc2cc3c(cc21)COC3=C. The van der Waals surface area contributed by atoms with Crippen molar-refractivity contribution in [3.63, 3.8) is 0 Å². The van der Waals surface area contributed by atoms with Crippen LogP contribution in [0.15, 0.2) is 25.3 Å². The molecule has 0 bridgehead atoms. The number of fused-ring (bicyclic) bond motifs is 2. The van der Waals surface area contributed by atoms with Crippen molar-refractivity contribution in [3.05, 3.63) is 47.5 Å². The maximum absolute atomic E-state index is 5.37. The third-order valence-electron chi connectivity index (χ3n) is 2.73. The van der Waals surface area contributed by atoms with E-state index in [2.05, 4.69) is 25.3 Å². The van der Waals surface area contributed by atoms with Crippen molar-refractivity contribution in [1.29, 1.82) is 0 Å². The van der Waals surface area contributed by atoms with Crippen molar-refractivity contribution in [2.45, 2.75) is 13.2 Å². The summed E-state index contributed by atoms with van der Waals surface area (Å²) in [6.07, 6.45) is 0. The topological polar surface area (TPSA) is 18.5 Å². The van der Waals surface area contributed by atoms with Crippen LogP contribution in [0.2, 0.25) is 0 Å². The monoisotopic (exact) mass is 186 g/mol. The summed E-state index contributed by atoms with van der Waals surface area (Å²) in [7, 11) is 0. The third-order valence-corrected chi connectivity index (χ3v) is 2.73. The molecule has 0 atom stereocenters. The van der Waals surface area contributed by atoms with Crippen molar-refractivity contribution in [2.24, 2.45) is 0 Å². The molecule has 0 amide bonds. The molecule has 1 aromatic carbocycles. The standard InChI is InChI=1S/C12H10O2/c1-7-11-3-10-6-14-8(2)12(10)4-9(11)5-13-7/h3-4H,1-2,5-6H2. The molecule has 0 fully saturated rings. The van der Waals surface area contributed by atoms with Gasteiger partial charge in [-0.25, -0.2) is 0 Å². The van der Waals surface area contributed by atoms with Gasteiger partial charge >= 0.3 is 0 Å². The molecule has 2 heterocycles. The van der Waals surface area contributed by atoms with E-state index in [1.807, 2.05) is 0 Å². The van der Waals surface area contributed by atoms with E-state index >= 15 is 0 Å². The van der Waals surface area contributed by atoms with Crippen LogP contribution in [0.4, 0.5) is 0 Å². The van der Waals surface area contributed by atoms with Gasteiger partial charge in [-0.2, -0.15) is 0 Å². The Kier molecular flexibility index (Phi) is 1.32.